The van der Waals surface area contributed by atoms with Gasteiger partial charge in [0.15, 0.2) is 12.6 Å². The van der Waals surface area contributed by atoms with Gasteiger partial charge in [-0.25, -0.2) is 4.79 Å². The van der Waals surface area contributed by atoms with E-state index in [-0.39, 0.29) is 53.3 Å². The lowest BCUT2D eigenvalue weighted by Crippen LogP contribution is -2.66. The number of fused-ring (bicyclic) bond motifs is 5. The lowest BCUT2D eigenvalue weighted by atomic mass is 9.43. The Balaban J connectivity index is 1.25. The first-order valence-electron chi connectivity index (χ1n) is 22.3. The number of rotatable bonds is 13. The predicted molar refractivity (Wildman–Crippen MR) is 216 cm³/mol. The summed E-state index contributed by atoms with van der Waals surface area (Å²) in [6.45, 7) is 5.27. The summed E-state index contributed by atoms with van der Waals surface area (Å²) in [4.78, 5) is 25.8. The van der Waals surface area contributed by atoms with Gasteiger partial charge in [-0.1, -0.05) is 20.8 Å². The molecule has 1 aromatic rings. The number of aliphatic hydroxyl groups excluding tert-OH is 8. The van der Waals surface area contributed by atoms with Gasteiger partial charge in [0.05, 0.1) is 45.2 Å². The molecule has 2 saturated heterocycles. The number of carbonyl (C=O) groups is 2. The molecule has 6 aliphatic rings. The molecule has 0 spiro atoms. The van der Waals surface area contributed by atoms with Crippen molar-refractivity contribution >= 4 is 11.9 Å². The predicted octanol–water partition coefficient (Wildman–Crippen LogP) is 1.06. The molecule has 21 atom stereocenters. The first-order valence-corrected chi connectivity index (χ1v) is 22.3. The monoisotopic (exact) mass is 880 g/mol. The van der Waals surface area contributed by atoms with Crippen LogP contribution in [0.2, 0.25) is 0 Å². The van der Waals surface area contributed by atoms with E-state index in [1.807, 2.05) is 0 Å². The number of methoxy groups -OCH3 is 2. The van der Waals surface area contributed by atoms with Gasteiger partial charge in [0.2, 0.25) is 0 Å². The molecule has 2 unspecified atom stereocenters. The highest BCUT2D eigenvalue weighted by molar-refractivity contribution is 5.89. The van der Waals surface area contributed by atoms with Crippen molar-refractivity contribution in [3.8, 4) is 5.75 Å². The standard InChI is InChI=1S/C45H68O17/c1-21(6-13-33(48)57-5)26-11-12-27-34-28(18-32(45(26,27)3)62-43-40(54)38(52)36(50)31(20-47)61-43)44(2)15-14-25(58-41(55)22-7-9-24(56-4)10-8-22)16-23(44)17-29(34)59-42-39(53)37(51)35(49)30(19-46)60-42/h7-10,21,23,25-32,34-40,42-43,46-47,49-54H,6,11-20H2,1-5H3/t21-,23+,25-,26-,27+,28+,29-,30-,31-,32+,34+,35-,36-,37+,38+,39-,40-,42?,43?,44+,45-/m1/s1. The number of ether oxygens (including phenoxy) is 7. The van der Waals surface area contributed by atoms with Gasteiger partial charge in [0, 0.05) is 11.8 Å². The van der Waals surface area contributed by atoms with Gasteiger partial charge in [-0.3, -0.25) is 4.79 Å². The number of hydrogen-bond donors (Lipinski definition) is 8. The van der Waals surface area contributed by atoms with Crippen molar-refractivity contribution in [3.05, 3.63) is 29.8 Å². The zero-order valence-electron chi connectivity index (χ0n) is 36.3. The summed E-state index contributed by atoms with van der Waals surface area (Å²) < 4.78 is 42.0. The first-order chi connectivity index (χ1) is 29.5. The van der Waals surface area contributed by atoms with Crippen LogP contribution in [0.15, 0.2) is 24.3 Å². The molecule has 7 rings (SSSR count). The number of esters is 2. The van der Waals surface area contributed by atoms with Gasteiger partial charge in [-0.15, -0.1) is 0 Å². The van der Waals surface area contributed by atoms with E-state index in [0.717, 1.165) is 12.8 Å². The van der Waals surface area contributed by atoms with Crippen molar-refractivity contribution in [1.82, 2.24) is 0 Å². The van der Waals surface area contributed by atoms with Crippen LogP contribution in [0.3, 0.4) is 0 Å². The van der Waals surface area contributed by atoms with Crippen LogP contribution in [-0.2, 0) is 33.2 Å². The molecule has 0 amide bonds. The van der Waals surface area contributed by atoms with Crippen LogP contribution in [0.4, 0.5) is 0 Å². The Kier molecular flexibility index (Phi) is 14.6. The Morgan fingerprint density at radius 3 is 1.97 bits per heavy atom. The second-order valence-electron chi connectivity index (χ2n) is 19.3. The maximum absolute atomic E-state index is 13.4. The SMILES string of the molecule is COC(=O)CC[C@@H](C)[C@H]1CC[C@H]2[C@@H]3[C@H](OC4O[C@H](CO)[C@@H](O)[C@H](O)[C@H]4O)C[C@@H]4C[C@H](OC(=O)c5ccc(OC)cc5)CC[C@]4(C)[C@H]3C[C@H](OC3O[C@H](CO)[C@@H](O)[C@H](O)[C@H]3O)[C@]12C. The zero-order valence-corrected chi connectivity index (χ0v) is 36.3. The van der Waals surface area contributed by atoms with Gasteiger partial charge < -0.3 is 74.0 Å². The van der Waals surface area contributed by atoms with Gasteiger partial charge in [0.25, 0.3) is 0 Å². The second-order valence-corrected chi connectivity index (χ2v) is 19.3. The first kappa shape index (κ1) is 47.4. The van der Waals surface area contributed by atoms with Crippen LogP contribution in [0.1, 0.15) is 88.9 Å². The number of carbonyl (C=O) groups excluding carboxylic acids is 2. The van der Waals surface area contributed by atoms with E-state index in [1.54, 1.807) is 31.4 Å². The van der Waals surface area contributed by atoms with Gasteiger partial charge in [0.1, 0.15) is 60.7 Å². The van der Waals surface area contributed by atoms with Gasteiger partial charge >= 0.3 is 11.9 Å². The van der Waals surface area contributed by atoms with E-state index >= 15 is 0 Å². The Bertz CT molecular complexity index is 1680. The minimum Gasteiger partial charge on any atom is -0.497 e. The van der Waals surface area contributed by atoms with Gasteiger partial charge in [-0.2, -0.15) is 0 Å². The van der Waals surface area contributed by atoms with Gasteiger partial charge in [-0.05, 0) is 117 Å². The number of hydrogen-bond acceptors (Lipinski definition) is 17. The summed E-state index contributed by atoms with van der Waals surface area (Å²) in [5.41, 5.74) is -0.626. The van der Waals surface area contributed by atoms with Crippen molar-refractivity contribution in [2.75, 3.05) is 27.4 Å². The highest BCUT2D eigenvalue weighted by Gasteiger charge is 2.68. The summed E-state index contributed by atoms with van der Waals surface area (Å²) >= 11 is 0. The van der Waals surface area contributed by atoms with E-state index in [1.165, 1.54) is 7.11 Å². The third-order valence-corrected chi connectivity index (χ3v) is 16.4. The third-order valence-electron chi connectivity index (χ3n) is 16.4. The molecule has 1 aromatic carbocycles. The van der Waals surface area contributed by atoms with E-state index in [0.29, 0.717) is 49.8 Å². The van der Waals surface area contributed by atoms with Crippen LogP contribution in [0.25, 0.3) is 0 Å². The molecule has 17 heteroatoms. The van der Waals surface area contributed by atoms with E-state index in [4.69, 9.17) is 33.2 Å². The number of benzene rings is 1. The van der Waals surface area contributed by atoms with Crippen LogP contribution < -0.4 is 4.74 Å². The molecule has 4 aliphatic carbocycles. The summed E-state index contributed by atoms with van der Waals surface area (Å²) in [6.07, 6.45) is -11.5. The highest BCUT2D eigenvalue weighted by atomic mass is 16.7. The largest absolute Gasteiger partial charge is 0.497 e. The lowest BCUT2D eigenvalue weighted by molar-refractivity contribution is -0.346. The minimum atomic E-state index is -1.65. The highest BCUT2D eigenvalue weighted by Crippen LogP contribution is 2.70. The fraction of sp³-hybridized carbons (Fsp3) is 0.822. The lowest BCUT2D eigenvalue weighted by Gasteiger charge is -2.65. The van der Waals surface area contributed by atoms with Crippen LogP contribution in [0.5, 0.6) is 5.75 Å². The summed E-state index contributed by atoms with van der Waals surface area (Å²) in [5.74, 6) is -0.685. The molecule has 4 saturated carbocycles. The van der Waals surface area contributed by atoms with Crippen LogP contribution in [-0.4, -0.2) is 160 Å². The normalized spacial score (nSPS) is 45.8. The molecule has 0 bridgehead atoms. The third kappa shape index (κ3) is 8.66. The average molecular weight is 881 g/mol. The van der Waals surface area contributed by atoms with Crippen molar-refractivity contribution < 1.29 is 83.6 Å². The van der Waals surface area contributed by atoms with Crippen molar-refractivity contribution in [2.45, 2.75) is 158 Å². The van der Waals surface area contributed by atoms with E-state index < -0.39 is 104 Å². The van der Waals surface area contributed by atoms with E-state index in [9.17, 15) is 50.4 Å². The summed E-state index contributed by atoms with van der Waals surface area (Å²) in [7, 11) is 2.90. The number of aliphatic hydroxyl groups is 8. The Labute approximate surface area is 362 Å². The smallest absolute Gasteiger partial charge is 0.338 e. The molecule has 62 heavy (non-hydrogen) atoms. The quantitative estimate of drug-likeness (QED) is 0.102. The topological polar surface area (TPSA) is 261 Å². The molecular formula is C45H68O17. The molecule has 17 nitrogen and oxygen atoms in total. The fourth-order valence-electron chi connectivity index (χ4n) is 12.8. The average Bonchev–Trinajstić information content (AvgIpc) is 3.64. The molecular weight excluding hydrogens is 812 g/mol. The van der Waals surface area contributed by atoms with Crippen LogP contribution in [0, 0.1) is 46.3 Å². The maximum atomic E-state index is 13.4. The molecule has 0 aromatic heterocycles. The Morgan fingerprint density at radius 2 is 1.39 bits per heavy atom. The second kappa shape index (κ2) is 19.1. The molecule has 2 aliphatic heterocycles. The minimum absolute atomic E-state index is 0.00844. The van der Waals surface area contributed by atoms with Crippen molar-refractivity contribution in [3.63, 3.8) is 0 Å². The molecule has 8 N–H and O–H groups in total. The Morgan fingerprint density at radius 1 is 0.774 bits per heavy atom. The van der Waals surface area contributed by atoms with E-state index in [2.05, 4.69) is 20.8 Å². The summed E-state index contributed by atoms with van der Waals surface area (Å²) in [6, 6.07) is 6.71. The van der Waals surface area contributed by atoms with Crippen molar-refractivity contribution in [2.24, 2.45) is 46.3 Å². The molecule has 0 radical (unpaired) electrons. The molecule has 350 valence electrons. The summed E-state index contributed by atoms with van der Waals surface area (Å²) in [5, 5.41) is 85.6. The fourth-order valence-corrected chi connectivity index (χ4v) is 12.8. The Hall–Kier alpha value is -2.52. The van der Waals surface area contributed by atoms with Crippen LogP contribution >= 0.6 is 0 Å². The molecule has 6 fully saturated rings. The van der Waals surface area contributed by atoms with Crippen molar-refractivity contribution in [1.29, 1.82) is 0 Å². The maximum Gasteiger partial charge on any atom is 0.338 e. The molecule has 2 heterocycles. The zero-order chi connectivity index (χ0) is 44.8.